The van der Waals surface area contributed by atoms with Gasteiger partial charge in [0.25, 0.3) is 0 Å². The largest absolute Gasteiger partial charge is 0.469 e. The number of carbonyl (C=O) groups is 2. The Bertz CT molecular complexity index is 515. The Morgan fingerprint density at radius 3 is 2.64 bits per heavy atom. The molecule has 1 fully saturated rings. The number of rotatable bonds is 8. The molecule has 1 aliphatic carbocycles. The van der Waals surface area contributed by atoms with E-state index in [-0.39, 0.29) is 29.5 Å². The smallest absolute Gasteiger partial charge is 0.305 e. The fraction of sp³-hybridized carbons (Fsp3) is 0.529. The molecule has 2 atom stereocenters. The molecule has 4 nitrogen and oxygen atoms in total. The van der Waals surface area contributed by atoms with Gasteiger partial charge in [-0.2, -0.15) is 0 Å². The minimum atomic E-state index is -0.252. The van der Waals surface area contributed by atoms with Gasteiger partial charge in [0.05, 0.1) is 7.11 Å². The Labute approximate surface area is 130 Å². The molecule has 1 N–H and O–H groups in total. The lowest BCUT2D eigenvalue weighted by atomic mass is 10.1. The second-order valence-electron chi connectivity index (χ2n) is 5.68. The summed E-state index contributed by atoms with van der Waals surface area (Å²) in [4.78, 5) is 22.9. The van der Waals surface area contributed by atoms with Crippen LogP contribution in [0.25, 0.3) is 0 Å². The van der Waals surface area contributed by atoms with Crippen molar-refractivity contribution in [3.05, 3.63) is 35.6 Å². The first-order valence-electron chi connectivity index (χ1n) is 7.72. The van der Waals surface area contributed by atoms with E-state index in [2.05, 4.69) is 10.1 Å². The topological polar surface area (TPSA) is 55.4 Å². The Hall–Kier alpha value is -1.91. The number of hydrogen-bond acceptors (Lipinski definition) is 3. The van der Waals surface area contributed by atoms with Crippen LogP contribution in [0.3, 0.4) is 0 Å². The lowest BCUT2D eigenvalue weighted by molar-refractivity contribution is -0.140. The molecule has 120 valence electrons. The molecule has 0 bridgehead atoms. The average Bonchev–Trinajstić information content (AvgIpc) is 3.31. The van der Waals surface area contributed by atoms with Crippen LogP contribution in [0.1, 0.15) is 43.6 Å². The highest BCUT2D eigenvalue weighted by Crippen LogP contribution is 2.47. The maximum atomic E-state index is 12.9. The molecule has 2 unspecified atom stereocenters. The summed E-state index contributed by atoms with van der Waals surface area (Å²) in [6, 6.07) is 6.37. The Kier molecular flexibility index (Phi) is 5.92. The molecule has 1 aromatic carbocycles. The second-order valence-corrected chi connectivity index (χ2v) is 5.68. The summed E-state index contributed by atoms with van der Waals surface area (Å²) in [6.45, 7) is 0.632. The van der Waals surface area contributed by atoms with Gasteiger partial charge in [-0.15, -0.1) is 0 Å². The Balaban J connectivity index is 1.59. The fourth-order valence-electron chi connectivity index (χ4n) is 2.58. The van der Waals surface area contributed by atoms with E-state index in [4.69, 9.17) is 0 Å². The van der Waals surface area contributed by atoms with Crippen LogP contribution in [-0.2, 0) is 14.3 Å². The van der Waals surface area contributed by atoms with Gasteiger partial charge in [0.15, 0.2) is 0 Å². The maximum Gasteiger partial charge on any atom is 0.305 e. The molecule has 5 heteroatoms. The van der Waals surface area contributed by atoms with Crippen LogP contribution in [0.15, 0.2) is 24.3 Å². The number of unbranched alkanes of at least 4 members (excludes halogenated alkanes) is 2. The highest BCUT2D eigenvalue weighted by atomic mass is 19.1. The second kappa shape index (κ2) is 7.92. The van der Waals surface area contributed by atoms with Crippen molar-refractivity contribution < 1.29 is 18.7 Å². The van der Waals surface area contributed by atoms with Gasteiger partial charge in [-0.25, -0.2) is 4.39 Å². The summed E-state index contributed by atoms with van der Waals surface area (Å²) < 4.78 is 17.4. The van der Waals surface area contributed by atoms with Crippen molar-refractivity contribution in [2.45, 2.75) is 38.0 Å². The number of nitrogens with one attached hydrogen (secondary N) is 1. The zero-order valence-electron chi connectivity index (χ0n) is 12.8. The molecule has 0 aromatic heterocycles. The van der Waals surface area contributed by atoms with Gasteiger partial charge in [-0.3, -0.25) is 9.59 Å². The molecule has 0 radical (unpaired) electrons. The van der Waals surface area contributed by atoms with Gasteiger partial charge in [0.2, 0.25) is 5.91 Å². The molecular formula is C17H22FNO3. The molecule has 22 heavy (non-hydrogen) atoms. The molecule has 2 rings (SSSR count). The van der Waals surface area contributed by atoms with Crippen molar-refractivity contribution >= 4 is 11.9 Å². The van der Waals surface area contributed by atoms with E-state index >= 15 is 0 Å². The quantitative estimate of drug-likeness (QED) is 0.593. The number of methoxy groups -OCH3 is 1. The summed E-state index contributed by atoms with van der Waals surface area (Å²) in [5, 5.41) is 2.93. The lowest BCUT2D eigenvalue weighted by Crippen LogP contribution is -2.26. The van der Waals surface area contributed by atoms with Gasteiger partial charge in [0, 0.05) is 18.9 Å². The molecule has 1 aromatic rings. The van der Waals surface area contributed by atoms with E-state index < -0.39 is 0 Å². The van der Waals surface area contributed by atoms with E-state index in [0.29, 0.717) is 13.0 Å². The fourth-order valence-corrected chi connectivity index (χ4v) is 2.58. The first-order valence-corrected chi connectivity index (χ1v) is 7.72. The van der Waals surface area contributed by atoms with Crippen molar-refractivity contribution in [2.24, 2.45) is 5.92 Å². The third-order valence-corrected chi connectivity index (χ3v) is 4.01. The van der Waals surface area contributed by atoms with Crippen molar-refractivity contribution in [1.82, 2.24) is 5.32 Å². The van der Waals surface area contributed by atoms with Crippen molar-refractivity contribution in [2.75, 3.05) is 13.7 Å². The minimum Gasteiger partial charge on any atom is -0.469 e. The van der Waals surface area contributed by atoms with Gasteiger partial charge in [-0.1, -0.05) is 18.6 Å². The van der Waals surface area contributed by atoms with E-state index in [9.17, 15) is 14.0 Å². The zero-order valence-corrected chi connectivity index (χ0v) is 12.8. The third-order valence-electron chi connectivity index (χ3n) is 4.01. The first-order chi connectivity index (χ1) is 10.6. The minimum absolute atomic E-state index is 0.0144. The van der Waals surface area contributed by atoms with Crippen LogP contribution < -0.4 is 5.32 Å². The van der Waals surface area contributed by atoms with Crippen LogP contribution in [0.2, 0.25) is 0 Å². The molecule has 0 saturated heterocycles. The highest BCUT2D eigenvalue weighted by Gasteiger charge is 2.43. The highest BCUT2D eigenvalue weighted by molar-refractivity contribution is 5.82. The molecule has 0 heterocycles. The van der Waals surface area contributed by atoms with Crippen molar-refractivity contribution in [1.29, 1.82) is 0 Å². The number of carbonyl (C=O) groups excluding carboxylic acids is 2. The van der Waals surface area contributed by atoms with E-state index in [0.717, 1.165) is 31.2 Å². The van der Waals surface area contributed by atoms with Gasteiger partial charge in [0.1, 0.15) is 5.82 Å². The van der Waals surface area contributed by atoms with Crippen LogP contribution >= 0.6 is 0 Å². The predicted octanol–water partition coefficient (Wildman–Crippen LogP) is 2.78. The SMILES string of the molecule is COC(=O)CCCCCNC(=O)C1CC1c1ccc(F)cc1. The van der Waals surface area contributed by atoms with Crippen molar-refractivity contribution in [3.8, 4) is 0 Å². The van der Waals surface area contributed by atoms with E-state index in [1.165, 1.54) is 19.2 Å². The van der Waals surface area contributed by atoms with Crippen LogP contribution in [0.5, 0.6) is 0 Å². The standard InChI is InChI=1S/C17H22FNO3/c1-22-16(20)5-3-2-4-10-19-17(21)15-11-14(15)12-6-8-13(18)9-7-12/h6-9,14-15H,2-5,10-11H2,1H3,(H,19,21). The monoisotopic (exact) mass is 307 g/mol. The lowest BCUT2D eigenvalue weighted by Gasteiger charge is -2.05. The number of amides is 1. The Morgan fingerprint density at radius 2 is 1.95 bits per heavy atom. The van der Waals surface area contributed by atoms with Crippen molar-refractivity contribution in [3.63, 3.8) is 0 Å². The number of hydrogen-bond donors (Lipinski definition) is 1. The maximum absolute atomic E-state index is 12.9. The summed E-state index contributed by atoms with van der Waals surface area (Å²) in [7, 11) is 1.38. The van der Waals surface area contributed by atoms with Crippen LogP contribution in [-0.4, -0.2) is 25.5 Å². The molecule has 1 aliphatic rings. The summed E-state index contributed by atoms with van der Waals surface area (Å²) >= 11 is 0. The number of benzene rings is 1. The van der Waals surface area contributed by atoms with Crippen LogP contribution in [0, 0.1) is 11.7 Å². The van der Waals surface area contributed by atoms with Gasteiger partial charge < -0.3 is 10.1 Å². The average molecular weight is 307 g/mol. The van der Waals surface area contributed by atoms with Crippen LogP contribution in [0.4, 0.5) is 4.39 Å². The Morgan fingerprint density at radius 1 is 1.23 bits per heavy atom. The predicted molar refractivity (Wildman–Crippen MR) is 80.7 cm³/mol. The molecule has 0 spiro atoms. The number of halogens is 1. The molecule has 1 amide bonds. The molecule has 1 saturated carbocycles. The zero-order chi connectivity index (χ0) is 15.9. The summed E-state index contributed by atoms with van der Waals surface area (Å²) in [5.74, 6) is -0.135. The molecular weight excluding hydrogens is 285 g/mol. The summed E-state index contributed by atoms with van der Waals surface area (Å²) in [6.07, 6.45) is 3.79. The van der Waals surface area contributed by atoms with E-state index in [1.807, 2.05) is 0 Å². The van der Waals surface area contributed by atoms with E-state index in [1.54, 1.807) is 12.1 Å². The number of ether oxygens (including phenoxy) is 1. The van der Waals surface area contributed by atoms with Gasteiger partial charge >= 0.3 is 5.97 Å². The third kappa shape index (κ3) is 4.83. The normalized spacial score (nSPS) is 19.5. The van der Waals surface area contributed by atoms with Gasteiger partial charge in [-0.05, 0) is 42.9 Å². The molecule has 0 aliphatic heterocycles. The first kappa shape index (κ1) is 16.5. The number of esters is 1. The summed E-state index contributed by atoms with van der Waals surface area (Å²) in [5.41, 5.74) is 1.03.